The van der Waals surface area contributed by atoms with Gasteiger partial charge in [-0.1, -0.05) is 12.1 Å². The standard InChI is InChI=1S/C19H16O2S2/c20-18-13-7-12(8-14(18)10-16-3-1-5-22-16)19(21)15(9-13)11-17-4-2-6-23-17/h1-6,10-13H,7-9H2. The van der Waals surface area contributed by atoms with Crippen LogP contribution in [0.2, 0.25) is 0 Å². The van der Waals surface area contributed by atoms with Crippen LogP contribution in [0.4, 0.5) is 0 Å². The van der Waals surface area contributed by atoms with Crippen LogP contribution in [0.3, 0.4) is 0 Å². The van der Waals surface area contributed by atoms with Gasteiger partial charge in [0.2, 0.25) is 0 Å². The van der Waals surface area contributed by atoms with Gasteiger partial charge in [0.05, 0.1) is 0 Å². The minimum Gasteiger partial charge on any atom is -0.294 e. The molecule has 2 unspecified atom stereocenters. The number of allylic oxidation sites excluding steroid dienone is 2. The molecule has 2 saturated carbocycles. The molecule has 0 aromatic carbocycles. The quantitative estimate of drug-likeness (QED) is 0.733. The normalized spacial score (nSPS) is 27.8. The van der Waals surface area contributed by atoms with Crippen LogP contribution >= 0.6 is 22.7 Å². The van der Waals surface area contributed by atoms with Crippen LogP contribution in [0.25, 0.3) is 12.2 Å². The molecule has 2 aliphatic rings. The summed E-state index contributed by atoms with van der Waals surface area (Å²) in [6.07, 6.45) is 5.86. The highest BCUT2D eigenvalue weighted by Crippen LogP contribution is 2.42. The third-order valence-corrected chi connectivity index (χ3v) is 6.23. The number of carbonyl (C=O) groups excluding carboxylic acids is 2. The molecule has 0 amide bonds. The van der Waals surface area contributed by atoms with Gasteiger partial charge in [0.15, 0.2) is 11.6 Å². The summed E-state index contributed by atoms with van der Waals surface area (Å²) in [6.45, 7) is 0. The fraction of sp³-hybridized carbons (Fsp3) is 0.263. The van der Waals surface area contributed by atoms with E-state index in [-0.39, 0.29) is 23.4 Å². The van der Waals surface area contributed by atoms with E-state index in [1.165, 1.54) is 0 Å². The van der Waals surface area contributed by atoms with E-state index in [1.807, 2.05) is 47.2 Å². The summed E-state index contributed by atoms with van der Waals surface area (Å²) in [4.78, 5) is 27.6. The van der Waals surface area contributed by atoms with Crippen molar-refractivity contribution in [3.05, 3.63) is 55.9 Å². The van der Waals surface area contributed by atoms with Crippen molar-refractivity contribution in [2.75, 3.05) is 0 Å². The minimum atomic E-state index is -0.0242. The lowest BCUT2D eigenvalue weighted by Gasteiger charge is -2.35. The van der Waals surface area contributed by atoms with E-state index >= 15 is 0 Å². The zero-order valence-electron chi connectivity index (χ0n) is 12.5. The van der Waals surface area contributed by atoms with E-state index in [4.69, 9.17) is 0 Å². The molecule has 116 valence electrons. The summed E-state index contributed by atoms with van der Waals surface area (Å²) in [7, 11) is 0. The van der Waals surface area contributed by atoms with Gasteiger partial charge < -0.3 is 0 Å². The smallest absolute Gasteiger partial charge is 0.162 e. The van der Waals surface area contributed by atoms with Crippen molar-refractivity contribution in [1.29, 1.82) is 0 Å². The maximum absolute atomic E-state index is 12.7. The molecular formula is C19H16O2S2. The van der Waals surface area contributed by atoms with Crippen molar-refractivity contribution >= 4 is 46.4 Å². The maximum Gasteiger partial charge on any atom is 0.162 e. The summed E-state index contributed by atoms with van der Waals surface area (Å²) < 4.78 is 0. The Kier molecular flexibility index (Phi) is 3.87. The number of Topliss-reactive ketones (excluding diaryl/α,β-unsaturated/α-hetero) is 2. The molecule has 4 rings (SSSR count). The first-order chi connectivity index (χ1) is 11.2. The van der Waals surface area contributed by atoms with Crippen LogP contribution in [0.1, 0.15) is 29.0 Å². The zero-order chi connectivity index (χ0) is 15.8. The highest BCUT2D eigenvalue weighted by molar-refractivity contribution is 7.11. The van der Waals surface area contributed by atoms with Crippen molar-refractivity contribution in [3.63, 3.8) is 0 Å². The first-order valence-corrected chi connectivity index (χ1v) is 9.53. The molecule has 2 bridgehead atoms. The molecule has 2 aliphatic carbocycles. The summed E-state index contributed by atoms with van der Waals surface area (Å²) in [6, 6.07) is 8.00. The Balaban J connectivity index is 1.63. The van der Waals surface area contributed by atoms with E-state index in [9.17, 15) is 9.59 Å². The SMILES string of the molecule is O=C1C(=Cc2cccs2)CC2CC1CC(=Cc1cccs1)C2=O. The molecule has 0 aliphatic heterocycles. The molecule has 0 saturated heterocycles. The van der Waals surface area contributed by atoms with Crippen LogP contribution in [-0.4, -0.2) is 11.6 Å². The van der Waals surface area contributed by atoms with Gasteiger partial charge in [0, 0.05) is 21.6 Å². The number of hydrogen-bond acceptors (Lipinski definition) is 4. The second-order valence-electron chi connectivity index (χ2n) is 6.14. The van der Waals surface area contributed by atoms with E-state index in [0.717, 1.165) is 27.3 Å². The molecule has 0 N–H and O–H groups in total. The predicted molar refractivity (Wildman–Crippen MR) is 95.4 cm³/mol. The lowest BCUT2D eigenvalue weighted by atomic mass is 9.67. The van der Waals surface area contributed by atoms with Gasteiger partial charge in [-0.15, -0.1) is 22.7 Å². The Labute approximate surface area is 143 Å². The Morgan fingerprint density at radius 2 is 1.30 bits per heavy atom. The number of hydrogen-bond donors (Lipinski definition) is 0. The van der Waals surface area contributed by atoms with E-state index in [1.54, 1.807) is 22.7 Å². The molecule has 0 radical (unpaired) electrons. The van der Waals surface area contributed by atoms with Crippen molar-refractivity contribution in [3.8, 4) is 0 Å². The van der Waals surface area contributed by atoms with Gasteiger partial charge in [-0.25, -0.2) is 0 Å². The molecule has 23 heavy (non-hydrogen) atoms. The third-order valence-electron chi connectivity index (χ3n) is 4.60. The van der Waals surface area contributed by atoms with Crippen LogP contribution in [-0.2, 0) is 9.59 Å². The second-order valence-corrected chi connectivity index (χ2v) is 8.09. The number of fused-ring (bicyclic) bond motifs is 2. The van der Waals surface area contributed by atoms with Gasteiger partial charge >= 0.3 is 0 Å². The highest BCUT2D eigenvalue weighted by atomic mass is 32.1. The lowest BCUT2D eigenvalue weighted by molar-refractivity contribution is -0.127. The first kappa shape index (κ1) is 14.8. The van der Waals surface area contributed by atoms with Gasteiger partial charge in [0.1, 0.15) is 0 Å². The predicted octanol–water partition coefficient (Wildman–Crippen LogP) is 4.84. The summed E-state index contributed by atoms with van der Waals surface area (Å²) in [5.41, 5.74) is 1.66. The Morgan fingerprint density at radius 1 is 0.826 bits per heavy atom. The Bertz CT molecular complexity index is 726. The van der Waals surface area contributed by atoms with Crippen LogP contribution < -0.4 is 0 Å². The molecule has 2 heterocycles. The van der Waals surface area contributed by atoms with Crippen molar-refractivity contribution < 1.29 is 9.59 Å². The summed E-state index contributed by atoms with van der Waals surface area (Å²) in [5.74, 6) is 0.422. The Hall–Kier alpha value is -1.78. The molecule has 2 aromatic rings. The summed E-state index contributed by atoms with van der Waals surface area (Å²) >= 11 is 3.25. The van der Waals surface area contributed by atoms with E-state index in [0.29, 0.717) is 12.8 Å². The first-order valence-electron chi connectivity index (χ1n) is 7.77. The second kappa shape index (κ2) is 6.02. The molecule has 2 aromatic heterocycles. The van der Waals surface area contributed by atoms with Gasteiger partial charge in [-0.3, -0.25) is 9.59 Å². The van der Waals surface area contributed by atoms with Crippen molar-refractivity contribution in [2.24, 2.45) is 11.8 Å². The molecular weight excluding hydrogens is 324 g/mol. The number of rotatable bonds is 2. The fourth-order valence-electron chi connectivity index (χ4n) is 3.52. The van der Waals surface area contributed by atoms with Crippen molar-refractivity contribution in [1.82, 2.24) is 0 Å². The van der Waals surface area contributed by atoms with Gasteiger partial charge in [0.25, 0.3) is 0 Å². The van der Waals surface area contributed by atoms with Crippen LogP contribution in [0.5, 0.6) is 0 Å². The monoisotopic (exact) mass is 340 g/mol. The van der Waals surface area contributed by atoms with Crippen LogP contribution in [0, 0.1) is 11.8 Å². The number of ketones is 2. The fourth-order valence-corrected chi connectivity index (χ4v) is 4.88. The number of thiophene rings is 2. The van der Waals surface area contributed by atoms with Gasteiger partial charge in [-0.05, 0) is 65.5 Å². The average molecular weight is 340 g/mol. The minimum absolute atomic E-state index is 0.0242. The number of carbonyl (C=O) groups is 2. The molecule has 2 fully saturated rings. The lowest BCUT2D eigenvalue weighted by Crippen LogP contribution is -2.37. The third kappa shape index (κ3) is 2.89. The Morgan fingerprint density at radius 3 is 1.70 bits per heavy atom. The molecule has 2 nitrogen and oxygen atoms in total. The maximum atomic E-state index is 12.7. The van der Waals surface area contributed by atoms with Crippen molar-refractivity contribution in [2.45, 2.75) is 19.3 Å². The van der Waals surface area contributed by atoms with E-state index in [2.05, 4.69) is 0 Å². The van der Waals surface area contributed by atoms with Gasteiger partial charge in [-0.2, -0.15) is 0 Å². The zero-order valence-corrected chi connectivity index (χ0v) is 14.2. The highest BCUT2D eigenvalue weighted by Gasteiger charge is 2.41. The van der Waals surface area contributed by atoms with Crippen LogP contribution in [0.15, 0.2) is 46.2 Å². The topological polar surface area (TPSA) is 34.1 Å². The molecule has 0 spiro atoms. The molecule has 2 atom stereocenters. The molecule has 4 heteroatoms. The average Bonchev–Trinajstić information content (AvgIpc) is 3.22. The van der Waals surface area contributed by atoms with E-state index < -0.39 is 0 Å². The summed E-state index contributed by atoms with van der Waals surface area (Å²) in [5, 5.41) is 4.01. The largest absolute Gasteiger partial charge is 0.294 e.